The van der Waals surface area contributed by atoms with Crippen LogP contribution in [0.15, 0.2) is 0 Å². The third-order valence-corrected chi connectivity index (χ3v) is 3.71. The molecule has 0 amide bonds. The number of carbonyl (C=O) groups excluding carboxylic acids is 1. The van der Waals surface area contributed by atoms with E-state index >= 15 is 0 Å². The Kier molecular flexibility index (Phi) is 2.76. The quantitative estimate of drug-likeness (QED) is 0.523. The molecule has 0 radical (unpaired) electrons. The van der Waals surface area contributed by atoms with Gasteiger partial charge < -0.3 is 4.79 Å². The standard InChI is InChI=1S/C5H8OS2/c6-4-5-7-2-1-3-8-5/h4-5H,1-3H2. The highest BCUT2D eigenvalue weighted by Crippen LogP contribution is 2.28. The van der Waals surface area contributed by atoms with E-state index in [2.05, 4.69) is 0 Å². The molecule has 46 valence electrons. The Morgan fingerprint density at radius 1 is 1.38 bits per heavy atom. The summed E-state index contributed by atoms with van der Waals surface area (Å²) in [6.45, 7) is 0. The van der Waals surface area contributed by atoms with Crippen LogP contribution in [0, 0.1) is 0 Å². The number of hydrogen-bond acceptors (Lipinski definition) is 3. The third kappa shape index (κ3) is 1.71. The van der Waals surface area contributed by atoms with E-state index in [0.717, 1.165) is 17.8 Å². The third-order valence-electron chi connectivity index (χ3n) is 0.964. The molecule has 0 aromatic heterocycles. The fourth-order valence-electron chi connectivity index (χ4n) is 0.585. The van der Waals surface area contributed by atoms with Gasteiger partial charge in [-0.05, 0) is 17.9 Å². The zero-order valence-corrected chi connectivity index (χ0v) is 6.13. The molecule has 0 aliphatic carbocycles. The minimum absolute atomic E-state index is 0.240. The highest BCUT2D eigenvalue weighted by atomic mass is 32.2. The molecule has 1 aliphatic heterocycles. The number of rotatable bonds is 1. The summed E-state index contributed by atoms with van der Waals surface area (Å²) in [5.41, 5.74) is 0. The summed E-state index contributed by atoms with van der Waals surface area (Å²) in [5.74, 6) is 2.33. The van der Waals surface area contributed by atoms with Crippen LogP contribution in [0.5, 0.6) is 0 Å². The van der Waals surface area contributed by atoms with Crippen LogP contribution in [0.4, 0.5) is 0 Å². The lowest BCUT2D eigenvalue weighted by atomic mass is 10.6. The Morgan fingerprint density at radius 2 is 2.00 bits per heavy atom. The van der Waals surface area contributed by atoms with E-state index in [4.69, 9.17) is 0 Å². The van der Waals surface area contributed by atoms with E-state index < -0.39 is 0 Å². The molecule has 0 spiro atoms. The first kappa shape index (κ1) is 6.49. The monoisotopic (exact) mass is 148 g/mol. The normalized spacial score (nSPS) is 23.0. The molecule has 1 rings (SSSR count). The van der Waals surface area contributed by atoms with Crippen LogP contribution < -0.4 is 0 Å². The minimum Gasteiger partial charge on any atom is -0.301 e. The van der Waals surface area contributed by atoms with Crippen LogP contribution in [0.3, 0.4) is 0 Å². The van der Waals surface area contributed by atoms with Crippen LogP contribution in [0.25, 0.3) is 0 Å². The molecule has 0 saturated carbocycles. The average Bonchev–Trinajstić information content (AvgIpc) is 1.90. The number of hydrogen-bond donors (Lipinski definition) is 0. The lowest BCUT2D eigenvalue weighted by molar-refractivity contribution is -0.106. The number of aldehydes is 1. The Morgan fingerprint density at radius 3 is 2.38 bits per heavy atom. The molecule has 1 heterocycles. The molecule has 1 nitrogen and oxygen atoms in total. The molecule has 0 atom stereocenters. The zero-order chi connectivity index (χ0) is 5.82. The van der Waals surface area contributed by atoms with Gasteiger partial charge >= 0.3 is 0 Å². The molecule has 0 bridgehead atoms. The maximum atomic E-state index is 10.1. The fraction of sp³-hybridized carbons (Fsp3) is 0.800. The summed E-state index contributed by atoms with van der Waals surface area (Å²) in [6, 6.07) is 0. The van der Waals surface area contributed by atoms with Gasteiger partial charge in [0.25, 0.3) is 0 Å². The average molecular weight is 148 g/mol. The summed E-state index contributed by atoms with van der Waals surface area (Å²) in [5, 5.41) is 0. The second-order valence-corrected chi connectivity index (χ2v) is 4.40. The van der Waals surface area contributed by atoms with Gasteiger partial charge in [0.1, 0.15) is 10.9 Å². The highest BCUT2D eigenvalue weighted by Gasteiger charge is 2.11. The summed E-state index contributed by atoms with van der Waals surface area (Å²) in [6.07, 6.45) is 2.30. The van der Waals surface area contributed by atoms with Gasteiger partial charge in [-0.3, -0.25) is 0 Å². The molecule has 0 N–H and O–H groups in total. The Hall–Kier alpha value is 0.370. The SMILES string of the molecule is O=CC1SCCCS1. The van der Waals surface area contributed by atoms with E-state index in [0.29, 0.717) is 0 Å². The van der Waals surface area contributed by atoms with Crippen molar-refractivity contribution < 1.29 is 4.79 Å². The van der Waals surface area contributed by atoms with E-state index in [1.165, 1.54) is 6.42 Å². The van der Waals surface area contributed by atoms with Gasteiger partial charge in [-0.15, -0.1) is 23.5 Å². The van der Waals surface area contributed by atoms with Crippen LogP contribution in [0.1, 0.15) is 6.42 Å². The van der Waals surface area contributed by atoms with Gasteiger partial charge in [-0.2, -0.15) is 0 Å². The molecule has 3 heteroatoms. The number of thioether (sulfide) groups is 2. The van der Waals surface area contributed by atoms with Crippen LogP contribution in [-0.2, 0) is 4.79 Å². The Balaban J connectivity index is 2.22. The highest BCUT2D eigenvalue weighted by molar-refractivity contribution is 8.18. The predicted octanol–water partition coefficient (Wildman–Crippen LogP) is 1.38. The predicted molar refractivity (Wildman–Crippen MR) is 39.4 cm³/mol. The van der Waals surface area contributed by atoms with Gasteiger partial charge in [0.15, 0.2) is 0 Å². The van der Waals surface area contributed by atoms with Crippen molar-refractivity contribution in [2.45, 2.75) is 11.0 Å². The van der Waals surface area contributed by atoms with Crippen molar-refractivity contribution in [3.63, 3.8) is 0 Å². The molecular weight excluding hydrogens is 140 g/mol. The molecule has 1 saturated heterocycles. The molecule has 0 aromatic rings. The molecular formula is C5H8OS2. The van der Waals surface area contributed by atoms with E-state index in [9.17, 15) is 4.79 Å². The van der Waals surface area contributed by atoms with E-state index in [1.54, 1.807) is 23.5 Å². The van der Waals surface area contributed by atoms with Crippen molar-refractivity contribution in [2.75, 3.05) is 11.5 Å². The van der Waals surface area contributed by atoms with Crippen molar-refractivity contribution in [2.24, 2.45) is 0 Å². The van der Waals surface area contributed by atoms with Gasteiger partial charge in [0, 0.05) is 0 Å². The maximum Gasteiger partial charge on any atom is 0.142 e. The lowest BCUT2D eigenvalue weighted by Gasteiger charge is -2.13. The summed E-state index contributed by atoms with van der Waals surface area (Å²) in [4.78, 5) is 10.1. The van der Waals surface area contributed by atoms with Crippen molar-refractivity contribution in [1.82, 2.24) is 0 Å². The van der Waals surface area contributed by atoms with Crippen LogP contribution in [0.2, 0.25) is 0 Å². The number of carbonyl (C=O) groups is 1. The van der Waals surface area contributed by atoms with Crippen molar-refractivity contribution in [1.29, 1.82) is 0 Å². The van der Waals surface area contributed by atoms with Gasteiger partial charge in [0.2, 0.25) is 0 Å². The van der Waals surface area contributed by atoms with E-state index in [-0.39, 0.29) is 4.58 Å². The summed E-state index contributed by atoms with van der Waals surface area (Å²) >= 11 is 3.52. The second-order valence-electron chi connectivity index (χ2n) is 1.60. The van der Waals surface area contributed by atoms with Gasteiger partial charge in [-0.1, -0.05) is 0 Å². The van der Waals surface area contributed by atoms with Gasteiger partial charge in [0.05, 0.1) is 0 Å². The zero-order valence-electron chi connectivity index (χ0n) is 4.50. The van der Waals surface area contributed by atoms with Crippen LogP contribution >= 0.6 is 23.5 Å². The first-order valence-corrected chi connectivity index (χ1v) is 4.72. The molecule has 1 fully saturated rings. The second kappa shape index (κ2) is 3.41. The lowest BCUT2D eigenvalue weighted by Crippen LogP contribution is -2.06. The fourth-order valence-corrected chi connectivity index (χ4v) is 2.97. The summed E-state index contributed by atoms with van der Waals surface area (Å²) in [7, 11) is 0. The Labute approximate surface area is 57.6 Å². The largest absolute Gasteiger partial charge is 0.301 e. The smallest absolute Gasteiger partial charge is 0.142 e. The molecule has 0 aromatic carbocycles. The van der Waals surface area contributed by atoms with Gasteiger partial charge in [-0.25, -0.2) is 0 Å². The summed E-state index contributed by atoms with van der Waals surface area (Å²) < 4.78 is 0.240. The van der Waals surface area contributed by atoms with Crippen LogP contribution in [-0.4, -0.2) is 22.4 Å². The van der Waals surface area contributed by atoms with Crippen molar-refractivity contribution >= 4 is 29.8 Å². The maximum absolute atomic E-state index is 10.1. The van der Waals surface area contributed by atoms with Crippen molar-refractivity contribution in [3.8, 4) is 0 Å². The molecule has 0 unspecified atom stereocenters. The topological polar surface area (TPSA) is 17.1 Å². The van der Waals surface area contributed by atoms with E-state index in [1.807, 2.05) is 0 Å². The first-order chi connectivity index (χ1) is 3.93. The molecule has 8 heavy (non-hydrogen) atoms. The Bertz CT molecular complexity index is 78.5. The first-order valence-electron chi connectivity index (χ1n) is 2.62. The van der Waals surface area contributed by atoms with Crippen molar-refractivity contribution in [3.05, 3.63) is 0 Å². The minimum atomic E-state index is 0.240. The molecule has 1 aliphatic rings.